The molecular weight excluding hydrogens is 298 g/mol. The van der Waals surface area contributed by atoms with E-state index in [2.05, 4.69) is 5.32 Å². The Bertz CT molecular complexity index is 530. The van der Waals surface area contributed by atoms with E-state index < -0.39 is 5.97 Å². The first kappa shape index (κ1) is 17.0. The highest BCUT2D eigenvalue weighted by molar-refractivity contribution is 6.32. The van der Waals surface area contributed by atoms with Gasteiger partial charge in [0.2, 0.25) is 0 Å². The predicted molar refractivity (Wildman–Crippen MR) is 78.5 cm³/mol. The molecule has 1 rings (SSSR count). The molecule has 0 heterocycles. The molecule has 0 radical (unpaired) electrons. The average molecular weight is 314 g/mol. The van der Waals surface area contributed by atoms with Crippen LogP contribution in [-0.2, 0) is 14.3 Å². The highest BCUT2D eigenvalue weighted by atomic mass is 35.5. The van der Waals surface area contributed by atoms with Gasteiger partial charge in [-0.05, 0) is 12.1 Å². The smallest absolute Gasteiger partial charge is 0.328 e. The van der Waals surface area contributed by atoms with Gasteiger partial charge in [0.15, 0.2) is 6.61 Å². The molecule has 0 aliphatic carbocycles. The fraction of sp³-hybridized carbons (Fsp3) is 0.286. The van der Waals surface area contributed by atoms with E-state index in [4.69, 9.17) is 26.2 Å². The van der Waals surface area contributed by atoms with Crippen LogP contribution >= 0.6 is 11.6 Å². The van der Waals surface area contributed by atoms with Crippen LogP contribution in [0.25, 0.3) is 6.08 Å². The molecule has 0 aromatic heterocycles. The Hall–Kier alpha value is -2.05. The van der Waals surface area contributed by atoms with E-state index in [1.165, 1.54) is 13.2 Å². The first-order chi connectivity index (χ1) is 10.0. The lowest BCUT2D eigenvalue weighted by molar-refractivity contribution is -0.131. The third-order valence-electron chi connectivity index (χ3n) is 2.38. The van der Waals surface area contributed by atoms with Gasteiger partial charge >= 0.3 is 5.97 Å². The van der Waals surface area contributed by atoms with Crippen molar-refractivity contribution in [2.45, 2.75) is 0 Å². The lowest BCUT2D eigenvalue weighted by Gasteiger charge is -2.11. The third-order valence-corrected chi connectivity index (χ3v) is 2.68. The first-order valence-corrected chi connectivity index (χ1v) is 6.50. The summed E-state index contributed by atoms with van der Waals surface area (Å²) in [6.45, 7) is 0.568. The number of nitrogens with one attached hydrogen (secondary N) is 1. The summed E-state index contributed by atoms with van der Waals surface area (Å²) in [5.41, 5.74) is 0.481. The van der Waals surface area contributed by atoms with E-state index in [0.717, 1.165) is 6.08 Å². The monoisotopic (exact) mass is 313 g/mol. The number of aliphatic carboxylic acids is 1. The number of amides is 1. The number of carboxylic acids is 1. The first-order valence-electron chi connectivity index (χ1n) is 6.12. The molecule has 0 fully saturated rings. The van der Waals surface area contributed by atoms with Crippen LogP contribution in [0.4, 0.5) is 0 Å². The number of hydrogen-bond acceptors (Lipinski definition) is 4. The van der Waals surface area contributed by atoms with Crippen molar-refractivity contribution in [1.29, 1.82) is 0 Å². The van der Waals surface area contributed by atoms with Crippen molar-refractivity contribution in [3.63, 3.8) is 0 Å². The van der Waals surface area contributed by atoms with E-state index in [-0.39, 0.29) is 18.3 Å². The molecule has 0 unspecified atom stereocenters. The molecule has 0 aliphatic rings. The predicted octanol–water partition coefficient (Wildman–Crippen LogP) is 1.58. The Kier molecular flexibility index (Phi) is 7.28. The van der Waals surface area contributed by atoms with Gasteiger partial charge in [0.1, 0.15) is 5.75 Å². The number of carbonyl (C=O) groups is 2. The van der Waals surface area contributed by atoms with Gasteiger partial charge in [0, 0.05) is 25.3 Å². The zero-order valence-corrected chi connectivity index (χ0v) is 12.2. The third kappa shape index (κ3) is 6.29. The second-order valence-corrected chi connectivity index (χ2v) is 4.37. The van der Waals surface area contributed by atoms with Crippen LogP contribution in [0.5, 0.6) is 5.75 Å². The number of para-hydroxylation sites is 1. The number of ether oxygens (including phenoxy) is 2. The maximum atomic E-state index is 11.5. The Morgan fingerprint density at radius 3 is 2.86 bits per heavy atom. The molecule has 114 valence electrons. The van der Waals surface area contributed by atoms with Crippen molar-refractivity contribution in [3.05, 3.63) is 34.9 Å². The van der Waals surface area contributed by atoms with Gasteiger partial charge in [0.25, 0.3) is 5.91 Å². The zero-order chi connectivity index (χ0) is 15.7. The molecule has 6 nitrogen and oxygen atoms in total. The molecule has 0 atom stereocenters. The van der Waals surface area contributed by atoms with Crippen molar-refractivity contribution in [3.8, 4) is 5.75 Å². The fourth-order valence-corrected chi connectivity index (χ4v) is 1.69. The van der Waals surface area contributed by atoms with Gasteiger partial charge < -0.3 is 19.9 Å². The van der Waals surface area contributed by atoms with Crippen molar-refractivity contribution >= 4 is 29.6 Å². The van der Waals surface area contributed by atoms with Gasteiger partial charge in [-0.1, -0.05) is 23.7 Å². The summed E-state index contributed by atoms with van der Waals surface area (Å²) in [5.74, 6) is -1.14. The average Bonchev–Trinajstić information content (AvgIpc) is 2.44. The molecule has 1 aromatic carbocycles. The maximum Gasteiger partial charge on any atom is 0.328 e. The standard InChI is InChI=1S/C14H16ClNO5/c1-20-8-7-16-12(17)9-21-14-10(5-6-13(18)19)3-2-4-11(14)15/h2-6H,7-9H2,1H3,(H,16,17)(H,18,19)/b6-5+. The Morgan fingerprint density at radius 1 is 1.43 bits per heavy atom. The summed E-state index contributed by atoms with van der Waals surface area (Å²) in [5, 5.41) is 11.5. The summed E-state index contributed by atoms with van der Waals surface area (Å²) in [4.78, 5) is 22.1. The molecule has 1 amide bonds. The molecule has 0 saturated heterocycles. The lowest BCUT2D eigenvalue weighted by Crippen LogP contribution is -2.31. The highest BCUT2D eigenvalue weighted by Crippen LogP contribution is 2.29. The number of benzene rings is 1. The summed E-state index contributed by atoms with van der Waals surface area (Å²) < 4.78 is 10.2. The summed E-state index contributed by atoms with van der Waals surface area (Å²) in [6, 6.07) is 4.90. The van der Waals surface area contributed by atoms with Gasteiger partial charge in [-0.15, -0.1) is 0 Å². The minimum Gasteiger partial charge on any atom is -0.482 e. The van der Waals surface area contributed by atoms with Crippen LogP contribution in [-0.4, -0.2) is 43.9 Å². The normalized spacial score (nSPS) is 10.6. The van der Waals surface area contributed by atoms with Gasteiger partial charge in [-0.25, -0.2) is 4.79 Å². The van der Waals surface area contributed by atoms with Crippen LogP contribution in [0.2, 0.25) is 5.02 Å². The molecule has 21 heavy (non-hydrogen) atoms. The number of carbonyl (C=O) groups excluding carboxylic acids is 1. The number of hydrogen-bond donors (Lipinski definition) is 2. The number of methoxy groups -OCH3 is 1. The SMILES string of the molecule is COCCNC(=O)COc1c(Cl)cccc1/C=C/C(=O)O. The van der Waals surface area contributed by atoms with Crippen molar-refractivity contribution in [1.82, 2.24) is 5.32 Å². The molecule has 2 N–H and O–H groups in total. The van der Waals surface area contributed by atoms with Crippen LogP contribution < -0.4 is 10.1 Å². The summed E-state index contributed by atoms with van der Waals surface area (Å²) in [6.07, 6.45) is 2.32. The Labute approximate surface area is 127 Å². The minimum absolute atomic E-state index is 0.221. The number of halogens is 1. The van der Waals surface area contributed by atoms with Crippen LogP contribution in [0.15, 0.2) is 24.3 Å². The van der Waals surface area contributed by atoms with E-state index in [1.807, 2.05) is 0 Å². The molecular formula is C14H16ClNO5. The van der Waals surface area contributed by atoms with E-state index >= 15 is 0 Å². The summed E-state index contributed by atoms with van der Waals surface area (Å²) in [7, 11) is 1.54. The number of rotatable bonds is 8. The van der Waals surface area contributed by atoms with E-state index in [0.29, 0.717) is 23.7 Å². The fourth-order valence-electron chi connectivity index (χ4n) is 1.45. The maximum absolute atomic E-state index is 11.5. The Balaban J connectivity index is 2.69. The molecule has 7 heteroatoms. The highest BCUT2D eigenvalue weighted by Gasteiger charge is 2.09. The van der Waals surface area contributed by atoms with Crippen molar-refractivity contribution < 1.29 is 24.2 Å². The number of carboxylic acid groups (broad SMARTS) is 1. The second-order valence-electron chi connectivity index (χ2n) is 3.96. The van der Waals surface area contributed by atoms with Gasteiger partial charge in [-0.2, -0.15) is 0 Å². The van der Waals surface area contributed by atoms with Crippen molar-refractivity contribution in [2.75, 3.05) is 26.9 Å². The molecule has 0 saturated carbocycles. The Morgan fingerprint density at radius 2 is 2.19 bits per heavy atom. The molecule has 0 spiro atoms. The van der Waals surface area contributed by atoms with E-state index in [9.17, 15) is 9.59 Å². The molecule has 0 aliphatic heterocycles. The second kappa shape index (κ2) is 8.99. The molecule has 1 aromatic rings. The summed E-state index contributed by atoms with van der Waals surface area (Å²) >= 11 is 6.00. The van der Waals surface area contributed by atoms with Crippen LogP contribution in [0.3, 0.4) is 0 Å². The molecule has 0 bridgehead atoms. The minimum atomic E-state index is -1.08. The van der Waals surface area contributed by atoms with Crippen molar-refractivity contribution in [2.24, 2.45) is 0 Å². The zero-order valence-electron chi connectivity index (χ0n) is 11.5. The topological polar surface area (TPSA) is 84.9 Å². The quantitative estimate of drug-likeness (QED) is 0.562. The van der Waals surface area contributed by atoms with Crippen LogP contribution in [0, 0.1) is 0 Å². The lowest BCUT2D eigenvalue weighted by atomic mass is 10.2. The van der Waals surface area contributed by atoms with Gasteiger partial charge in [-0.3, -0.25) is 4.79 Å². The van der Waals surface area contributed by atoms with Gasteiger partial charge in [0.05, 0.1) is 11.6 Å². The largest absolute Gasteiger partial charge is 0.482 e. The van der Waals surface area contributed by atoms with E-state index in [1.54, 1.807) is 18.2 Å². The van der Waals surface area contributed by atoms with Crippen LogP contribution in [0.1, 0.15) is 5.56 Å².